The summed E-state index contributed by atoms with van der Waals surface area (Å²) >= 11 is 1.76. The van der Waals surface area contributed by atoms with Crippen LogP contribution in [0.1, 0.15) is 56.7 Å². The second-order valence-corrected chi connectivity index (χ2v) is 8.27. The molecule has 0 spiro atoms. The van der Waals surface area contributed by atoms with Gasteiger partial charge in [0.15, 0.2) is 5.96 Å². The highest BCUT2D eigenvalue weighted by Crippen LogP contribution is 2.19. The van der Waals surface area contributed by atoms with Crippen LogP contribution in [-0.2, 0) is 6.42 Å². The van der Waals surface area contributed by atoms with Crippen molar-refractivity contribution in [2.45, 2.75) is 52.4 Å². The molecule has 1 aliphatic rings. The van der Waals surface area contributed by atoms with Gasteiger partial charge in [0.05, 0.1) is 10.7 Å². The molecule has 0 bridgehead atoms. The van der Waals surface area contributed by atoms with E-state index >= 15 is 0 Å². The average Bonchev–Trinajstić information content (AvgIpc) is 3.08. The van der Waals surface area contributed by atoms with Crippen LogP contribution >= 0.6 is 11.3 Å². The summed E-state index contributed by atoms with van der Waals surface area (Å²) < 4.78 is 0. The van der Waals surface area contributed by atoms with Crippen LogP contribution in [-0.4, -0.2) is 55.6 Å². The van der Waals surface area contributed by atoms with Crippen LogP contribution in [0.4, 0.5) is 0 Å². The predicted molar refractivity (Wildman–Crippen MR) is 109 cm³/mol. The SMILES string of the molecule is CN=C(NCCCN1CCC(C)CC1)NCCc1csc(C(C)C)n1. The van der Waals surface area contributed by atoms with Crippen molar-refractivity contribution in [3.05, 3.63) is 16.1 Å². The standard InChI is InChI=1S/C19H35N5S/c1-15(2)18-23-17(14-25-18)6-10-22-19(20-4)21-9-5-11-24-12-7-16(3)8-13-24/h14-16H,5-13H2,1-4H3,(H2,20,21,22). The van der Waals surface area contributed by atoms with Gasteiger partial charge < -0.3 is 15.5 Å². The van der Waals surface area contributed by atoms with E-state index < -0.39 is 0 Å². The second kappa shape index (κ2) is 10.8. The predicted octanol–water partition coefficient (Wildman–Crippen LogP) is 3.10. The lowest BCUT2D eigenvalue weighted by atomic mass is 9.99. The van der Waals surface area contributed by atoms with E-state index in [0.29, 0.717) is 5.92 Å². The van der Waals surface area contributed by atoms with Gasteiger partial charge in [0.25, 0.3) is 0 Å². The number of guanidine groups is 1. The van der Waals surface area contributed by atoms with Gasteiger partial charge in [-0.1, -0.05) is 20.8 Å². The third-order valence-electron chi connectivity index (χ3n) is 4.78. The Balaban J connectivity index is 1.57. The highest BCUT2D eigenvalue weighted by atomic mass is 32.1. The van der Waals surface area contributed by atoms with Crippen LogP contribution < -0.4 is 10.6 Å². The Morgan fingerprint density at radius 2 is 2.04 bits per heavy atom. The van der Waals surface area contributed by atoms with Crippen molar-refractivity contribution in [2.75, 3.05) is 39.8 Å². The maximum absolute atomic E-state index is 4.68. The molecule has 1 aliphatic heterocycles. The first-order valence-electron chi connectivity index (χ1n) is 9.69. The highest BCUT2D eigenvalue weighted by Gasteiger charge is 2.14. The molecule has 0 unspecified atom stereocenters. The van der Waals surface area contributed by atoms with E-state index in [9.17, 15) is 0 Å². The van der Waals surface area contributed by atoms with Gasteiger partial charge in [-0.2, -0.15) is 0 Å². The molecule has 142 valence electrons. The van der Waals surface area contributed by atoms with Crippen molar-refractivity contribution in [1.29, 1.82) is 0 Å². The van der Waals surface area contributed by atoms with E-state index in [1.54, 1.807) is 11.3 Å². The zero-order valence-corrected chi connectivity index (χ0v) is 17.2. The normalized spacial score (nSPS) is 17.2. The Bertz CT molecular complexity index is 518. The van der Waals surface area contributed by atoms with Gasteiger partial charge >= 0.3 is 0 Å². The van der Waals surface area contributed by atoms with Gasteiger partial charge in [0.1, 0.15) is 0 Å². The average molecular weight is 366 g/mol. The number of rotatable bonds is 8. The topological polar surface area (TPSA) is 52.6 Å². The van der Waals surface area contributed by atoms with Gasteiger partial charge in [-0.15, -0.1) is 11.3 Å². The number of aromatic nitrogens is 1. The lowest BCUT2D eigenvalue weighted by molar-refractivity contribution is 0.191. The lowest BCUT2D eigenvalue weighted by Crippen LogP contribution is -2.40. The summed E-state index contributed by atoms with van der Waals surface area (Å²) in [6.45, 7) is 12.3. The molecule has 25 heavy (non-hydrogen) atoms. The quantitative estimate of drug-likeness (QED) is 0.422. The van der Waals surface area contributed by atoms with E-state index in [4.69, 9.17) is 0 Å². The molecule has 0 amide bonds. The van der Waals surface area contributed by atoms with Gasteiger partial charge in [-0.3, -0.25) is 4.99 Å². The summed E-state index contributed by atoms with van der Waals surface area (Å²) in [5.41, 5.74) is 1.18. The molecule has 0 atom stereocenters. The van der Waals surface area contributed by atoms with Crippen molar-refractivity contribution in [2.24, 2.45) is 10.9 Å². The minimum Gasteiger partial charge on any atom is -0.356 e. The monoisotopic (exact) mass is 365 g/mol. The fourth-order valence-electron chi connectivity index (χ4n) is 3.03. The molecule has 2 heterocycles. The summed E-state index contributed by atoms with van der Waals surface area (Å²) in [5.74, 6) is 2.32. The number of aliphatic imine (C=N–C) groups is 1. The van der Waals surface area contributed by atoms with E-state index in [-0.39, 0.29) is 0 Å². The van der Waals surface area contributed by atoms with Crippen LogP contribution in [0.15, 0.2) is 10.4 Å². The Morgan fingerprint density at radius 1 is 1.32 bits per heavy atom. The van der Waals surface area contributed by atoms with Crippen molar-refractivity contribution >= 4 is 17.3 Å². The molecular weight excluding hydrogens is 330 g/mol. The molecule has 2 N–H and O–H groups in total. The van der Waals surface area contributed by atoms with E-state index in [1.165, 1.54) is 49.6 Å². The molecule has 1 aromatic rings. The maximum atomic E-state index is 4.68. The molecule has 0 radical (unpaired) electrons. The first-order valence-corrected chi connectivity index (χ1v) is 10.6. The summed E-state index contributed by atoms with van der Waals surface area (Å²) in [5, 5.41) is 10.2. The third-order valence-corrected chi connectivity index (χ3v) is 5.97. The number of thiazole rings is 1. The van der Waals surface area contributed by atoms with Crippen LogP contribution in [0.3, 0.4) is 0 Å². The smallest absolute Gasteiger partial charge is 0.190 e. The molecule has 1 saturated heterocycles. The Morgan fingerprint density at radius 3 is 2.68 bits per heavy atom. The molecule has 0 aromatic carbocycles. The number of nitrogens with zero attached hydrogens (tertiary/aromatic N) is 3. The lowest BCUT2D eigenvalue weighted by Gasteiger charge is -2.30. The second-order valence-electron chi connectivity index (χ2n) is 7.39. The Hall–Kier alpha value is -1.14. The fraction of sp³-hybridized carbons (Fsp3) is 0.789. The molecule has 0 saturated carbocycles. The number of hydrogen-bond donors (Lipinski definition) is 2. The number of hydrogen-bond acceptors (Lipinski definition) is 4. The fourth-order valence-corrected chi connectivity index (χ4v) is 3.90. The van der Waals surface area contributed by atoms with Crippen molar-refractivity contribution in [1.82, 2.24) is 20.5 Å². The molecule has 2 rings (SSSR count). The van der Waals surface area contributed by atoms with Gasteiger partial charge in [0, 0.05) is 37.9 Å². The zero-order chi connectivity index (χ0) is 18.1. The van der Waals surface area contributed by atoms with Gasteiger partial charge in [-0.05, 0) is 44.8 Å². The van der Waals surface area contributed by atoms with Crippen molar-refractivity contribution < 1.29 is 0 Å². The molecular formula is C19H35N5S. The Labute approximate surface area is 157 Å². The number of likely N-dealkylation sites (tertiary alicyclic amines) is 1. The van der Waals surface area contributed by atoms with E-state index in [0.717, 1.165) is 31.4 Å². The van der Waals surface area contributed by atoms with Crippen LogP contribution in [0.2, 0.25) is 0 Å². The summed E-state index contributed by atoms with van der Waals surface area (Å²) in [6, 6.07) is 0. The largest absolute Gasteiger partial charge is 0.356 e. The number of piperidine rings is 1. The number of nitrogens with one attached hydrogen (secondary N) is 2. The minimum atomic E-state index is 0.518. The van der Waals surface area contributed by atoms with Gasteiger partial charge in [-0.25, -0.2) is 4.98 Å². The van der Waals surface area contributed by atoms with Crippen molar-refractivity contribution in [3.8, 4) is 0 Å². The van der Waals surface area contributed by atoms with Crippen LogP contribution in [0.5, 0.6) is 0 Å². The highest BCUT2D eigenvalue weighted by molar-refractivity contribution is 7.09. The maximum Gasteiger partial charge on any atom is 0.190 e. The van der Waals surface area contributed by atoms with Crippen molar-refractivity contribution in [3.63, 3.8) is 0 Å². The van der Waals surface area contributed by atoms with E-state index in [1.807, 2.05) is 7.05 Å². The minimum absolute atomic E-state index is 0.518. The Kier molecular flexibility index (Phi) is 8.68. The first kappa shape index (κ1) is 20.2. The summed E-state index contributed by atoms with van der Waals surface area (Å²) in [7, 11) is 1.83. The van der Waals surface area contributed by atoms with E-state index in [2.05, 4.69) is 51.7 Å². The molecule has 5 nitrogen and oxygen atoms in total. The van der Waals surface area contributed by atoms with Crippen LogP contribution in [0.25, 0.3) is 0 Å². The zero-order valence-electron chi connectivity index (χ0n) is 16.3. The summed E-state index contributed by atoms with van der Waals surface area (Å²) in [6.07, 6.45) is 4.81. The summed E-state index contributed by atoms with van der Waals surface area (Å²) in [4.78, 5) is 11.6. The first-order chi connectivity index (χ1) is 12.1. The van der Waals surface area contributed by atoms with Gasteiger partial charge in [0.2, 0.25) is 0 Å². The molecule has 1 aromatic heterocycles. The van der Waals surface area contributed by atoms with Crippen LogP contribution in [0, 0.1) is 5.92 Å². The third kappa shape index (κ3) is 7.32. The molecule has 0 aliphatic carbocycles. The molecule has 6 heteroatoms. The molecule has 1 fully saturated rings.